The third-order valence-corrected chi connectivity index (χ3v) is 5.20. The molecule has 0 radical (unpaired) electrons. The van der Waals surface area contributed by atoms with Crippen molar-refractivity contribution in [2.24, 2.45) is 0 Å². The predicted octanol–water partition coefficient (Wildman–Crippen LogP) is 2.11. The number of sulfone groups is 1. The molecule has 0 aliphatic carbocycles. The Kier molecular flexibility index (Phi) is 5.62. The second-order valence-electron chi connectivity index (χ2n) is 5.09. The molecule has 0 spiro atoms. The van der Waals surface area contributed by atoms with Gasteiger partial charge in [-0.2, -0.15) is 0 Å². The summed E-state index contributed by atoms with van der Waals surface area (Å²) in [5, 5.41) is 10.9. The molecular formula is C15H12F4N2O4S. The van der Waals surface area contributed by atoms with Gasteiger partial charge in [-0.25, -0.2) is 26.0 Å². The molecule has 0 fully saturated rings. The number of rotatable bonds is 6. The smallest absolute Gasteiger partial charge is 0.281 e. The summed E-state index contributed by atoms with van der Waals surface area (Å²) >= 11 is 0. The van der Waals surface area contributed by atoms with Gasteiger partial charge in [0.2, 0.25) is 9.84 Å². The van der Waals surface area contributed by atoms with Gasteiger partial charge in [0.25, 0.3) is 24.4 Å². The first-order chi connectivity index (χ1) is 12.1. The van der Waals surface area contributed by atoms with Gasteiger partial charge in [-0.1, -0.05) is 0 Å². The number of nitrogens with zero attached hydrogens (tertiary/aromatic N) is 1. The number of halogens is 4. The van der Waals surface area contributed by atoms with Crippen LogP contribution in [-0.4, -0.2) is 42.9 Å². The maximum Gasteiger partial charge on any atom is 0.281 e. The number of alkyl halides is 4. The van der Waals surface area contributed by atoms with Crippen molar-refractivity contribution >= 4 is 21.4 Å². The molecule has 2 N–H and O–H groups in total. The Labute approximate surface area is 145 Å². The molecule has 1 aromatic carbocycles. The number of hydrogen-bond donors (Lipinski definition) is 2. The van der Waals surface area contributed by atoms with Crippen LogP contribution in [0.5, 0.6) is 0 Å². The van der Waals surface area contributed by atoms with E-state index in [0.717, 1.165) is 24.3 Å². The van der Waals surface area contributed by atoms with E-state index in [9.17, 15) is 35.9 Å². The number of carbonyl (C=O) groups excluding carboxylic acids is 1. The quantitative estimate of drug-likeness (QED) is 0.734. The van der Waals surface area contributed by atoms with Crippen molar-refractivity contribution in [2.75, 3.05) is 5.32 Å². The molecule has 0 atom stereocenters. The van der Waals surface area contributed by atoms with E-state index >= 15 is 0 Å². The molecule has 0 bridgehead atoms. The fraction of sp³-hybridized carbons (Fsp3) is 0.200. The second kappa shape index (κ2) is 7.38. The van der Waals surface area contributed by atoms with E-state index in [1.165, 1.54) is 24.5 Å². The van der Waals surface area contributed by atoms with E-state index in [2.05, 4.69) is 4.98 Å². The molecule has 2 rings (SSSR count). The fourth-order valence-electron chi connectivity index (χ4n) is 1.90. The molecule has 0 aliphatic heterocycles. The van der Waals surface area contributed by atoms with Crippen molar-refractivity contribution < 1.29 is 35.9 Å². The van der Waals surface area contributed by atoms with Crippen LogP contribution in [0, 0.1) is 0 Å². The third-order valence-electron chi connectivity index (χ3n) is 3.41. The summed E-state index contributed by atoms with van der Waals surface area (Å²) in [5.41, 5.74) is -4.43. The number of nitrogens with one attached hydrogen (secondary N) is 1. The number of amides is 1. The molecule has 26 heavy (non-hydrogen) atoms. The molecule has 2 aromatic rings. The highest BCUT2D eigenvalue weighted by atomic mass is 32.2. The number of aromatic nitrogens is 1. The molecule has 0 saturated heterocycles. The van der Waals surface area contributed by atoms with Crippen LogP contribution in [0.2, 0.25) is 0 Å². The average molecular weight is 392 g/mol. The number of benzene rings is 1. The van der Waals surface area contributed by atoms with Crippen molar-refractivity contribution in [1.82, 2.24) is 4.98 Å². The largest absolute Gasteiger partial charge is 0.371 e. The summed E-state index contributed by atoms with van der Waals surface area (Å²) in [7, 11) is -3.88. The minimum absolute atomic E-state index is 0.0472. The summed E-state index contributed by atoms with van der Waals surface area (Å²) in [4.78, 5) is 15.0. The van der Waals surface area contributed by atoms with Crippen LogP contribution in [0.25, 0.3) is 0 Å². The van der Waals surface area contributed by atoms with E-state index < -0.39 is 34.2 Å². The summed E-state index contributed by atoms with van der Waals surface area (Å²) < 4.78 is 75.2. The van der Waals surface area contributed by atoms with E-state index in [4.69, 9.17) is 0 Å². The third kappa shape index (κ3) is 3.68. The number of carbonyl (C=O) groups is 1. The Hall–Kier alpha value is -2.53. The lowest BCUT2D eigenvalue weighted by molar-refractivity contribution is -0.184. The molecule has 0 saturated carbocycles. The second-order valence-corrected chi connectivity index (χ2v) is 7.04. The molecule has 11 heteroatoms. The molecule has 1 aromatic heterocycles. The number of pyridine rings is 1. The number of hydrogen-bond acceptors (Lipinski definition) is 5. The lowest BCUT2D eigenvalue weighted by Crippen LogP contribution is -2.54. The van der Waals surface area contributed by atoms with Crippen LogP contribution < -0.4 is 5.32 Å². The summed E-state index contributed by atoms with van der Waals surface area (Å²) in [5.74, 6) is -2.01. The first-order valence-corrected chi connectivity index (χ1v) is 8.43. The Balaban J connectivity index is 2.24. The Morgan fingerprint density at radius 1 is 0.962 bits per heavy atom. The van der Waals surface area contributed by atoms with Gasteiger partial charge in [0, 0.05) is 18.1 Å². The monoisotopic (exact) mass is 392 g/mol. The summed E-state index contributed by atoms with van der Waals surface area (Å²) in [6.45, 7) is 0. The maximum absolute atomic E-state index is 12.6. The highest BCUT2D eigenvalue weighted by Crippen LogP contribution is 2.27. The van der Waals surface area contributed by atoms with Gasteiger partial charge in [0.15, 0.2) is 0 Å². The normalized spacial score (nSPS) is 12.4. The Bertz CT molecular complexity index is 866. The van der Waals surface area contributed by atoms with Crippen LogP contribution in [0.3, 0.4) is 0 Å². The predicted molar refractivity (Wildman–Crippen MR) is 81.7 cm³/mol. The zero-order valence-corrected chi connectivity index (χ0v) is 13.6. The lowest BCUT2D eigenvalue weighted by atomic mass is 10.0. The lowest BCUT2D eigenvalue weighted by Gasteiger charge is -2.24. The van der Waals surface area contributed by atoms with Gasteiger partial charge in [-0.15, -0.1) is 0 Å². The van der Waals surface area contributed by atoms with Crippen molar-refractivity contribution in [1.29, 1.82) is 0 Å². The molecular weight excluding hydrogens is 380 g/mol. The Morgan fingerprint density at radius 3 is 1.88 bits per heavy atom. The number of aliphatic hydroxyl groups is 1. The fourth-order valence-corrected chi connectivity index (χ4v) is 3.14. The molecule has 6 nitrogen and oxygen atoms in total. The molecule has 1 heterocycles. The van der Waals surface area contributed by atoms with Crippen molar-refractivity contribution in [3.63, 3.8) is 0 Å². The zero-order valence-electron chi connectivity index (χ0n) is 12.8. The standard InChI is InChI=1S/C15H12F4N2O4S/c16-12(17)15(23,13(18)19)14(22)21-9-1-3-10(4-2-9)26(24,25)11-5-7-20-8-6-11/h1-8,12-13,23H,(H,21,22). The minimum Gasteiger partial charge on any atom is -0.371 e. The zero-order chi connectivity index (χ0) is 19.5. The van der Waals surface area contributed by atoms with Gasteiger partial charge < -0.3 is 10.4 Å². The van der Waals surface area contributed by atoms with Crippen molar-refractivity contribution in [2.45, 2.75) is 28.2 Å². The highest BCUT2D eigenvalue weighted by Gasteiger charge is 2.54. The van der Waals surface area contributed by atoms with Crippen molar-refractivity contribution in [3.8, 4) is 0 Å². The van der Waals surface area contributed by atoms with E-state index in [1.54, 1.807) is 5.32 Å². The van der Waals surface area contributed by atoms with Gasteiger partial charge in [0.05, 0.1) is 9.79 Å². The first-order valence-electron chi connectivity index (χ1n) is 6.95. The van der Waals surface area contributed by atoms with Gasteiger partial charge in [-0.3, -0.25) is 9.78 Å². The Morgan fingerprint density at radius 2 is 1.42 bits per heavy atom. The van der Waals surface area contributed by atoms with Crippen LogP contribution in [0.1, 0.15) is 0 Å². The van der Waals surface area contributed by atoms with E-state index in [0.29, 0.717) is 0 Å². The first kappa shape index (κ1) is 19.8. The van der Waals surface area contributed by atoms with Gasteiger partial charge >= 0.3 is 0 Å². The highest BCUT2D eigenvalue weighted by molar-refractivity contribution is 7.91. The molecule has 0 aliphatic rings. The molecule has 1 amide bonds. The topological polar surface area (TPSA) is 96.4 Å². The van der Waals surface area contributed by atoms with Crippen LogP contribution in [0.15, 0.2) is 58.6 Å². The van der Waals surface area contributed by atoms with E-state index in [-0.39, 0.29) is 15.5 Å². The summed E-state index contributed by atoms with van der Waals surface area (Å²) in [6.07, 6.45) is -5.49. The van der Waals surface area contributed by atoms with E-state index in [1.807, 2.05) is 0 Å². The van der Waals surface area contributed by atoms with Gasteiger partial charge in [0.1, 0.15) is 0 Å². The maximum atomic E-state index is 12.6. The van der Waals surface area contributed by atoms with Crippen LogP contribution >= 0.6 is 0 Å². The summed E-state index contributed by atoms with van der Waals surface area (Å²) in [6, 6.07) is 6.66. The van der Waals surface area contributed by atoms with Crippen LogP contribution in [-0.2, 0) is 14.6 Å². The minimum atomic E-state index is -4.18. The number of anilines is 1. The molecule has 0 unspecified atom stereocenters. The molecule has 140 valence electrons. The van der Waals surface area contributed by atoms with Gasteiger partial charge in [-0.05, 0) is 36.4 Å². The average Bonchev–Trinajstić information content (AvgIpc) is 2.61. The SMILES string of the molecule is O=C(Nc1ccc(S(=O)(=O)c2ccncc2)cc1)C(O)(C(F)F)C(F)F. The van der Waals surface area contributed by atoms with Crippen LogP contribution in [0.4, 0.5) is 23.2 Å². The van der Waals surface area contributed by atoms with Crippen molar-refractivity contribution in [3.05, 3.63) is 48.8 Å².